The van der Waals surface area contributed by atoms with Crippen LogP contribution in [0.25, 0.3) is 0 Å². The largest absolute Gasteiger partial charge is 0.327 e. The summed E-state index contributed by atoms with van der Waals surface area (Å²) in [6, 6.07) is 3.90. The lowest BCUT2D eigenvalue weighted by atomic mass is 10.9. The highest BCUT2D eigenvalue weighted by Crippen LogP contribution is 2.52. The molecule has 0 radical (unpaired) electrons. The number of rotatable bonds is 4. The predicted octanol–water partition coefficient (Wildman–Crippen LogP) is 4.76. The smallest absolute Gasteiger partial charge is 0.179 e. The standard InChI is InChI=1S/C8H21BrNPSi/c1-6-12(7-2,8-3)10-11(4,5)9/h6-8H2,1-5H3. The Morgan fingerprint density at radius 1 is 1.08 bits per heavy atom. The van der Waals surface area contributed by atoms with Crippen molar-refractivity contribution in [1.82, 2.24) is 0 Å². The summed E-state index contributed by atoms with van der Waals surface area (Å²) in [5, 5.41) is 0. The fraction of sp³-hybridized carbons (Fsp3) is 1.00. The van der Waals surface area contributed by atoms with Crippen molar-refractivity contribution in [3.8, 4) is 0 Å². The molecule has 1 nitrogen and oxygen atoms in total. The van der Waals surface area contributed by atoms with Gasteiger partial charge in [-0.15, -0.1) is 0 Å². The first-order valence-corrected chi connectivity index (χ1v) is 11.9. The maximum atomic E-state index is 5.06. The Bertz CT molecular complexity index is 167. The SMILES string of the molecule is CC[Si](CC)(CC)N=P(C)(C)Br. The van der Waals surface area contributed by atoms with Gasteiger partial charge in [0.05, 0.1) is 0 Å². The van der Waals surface area contributed by atoms with Crippen molar-refractivity contribution in [3.05, 3.63) is 0 Å². The summed E-state index contributed by atoms with van der Waals surface area (Å²) in [6.07, 6.45) is 0. The van der Waals surface area contributed by atoms with Crippen LogP contribution in [0.4, 0.5) is 0 Å². The Kier molecular flexibility index (Phi) is 5.35. The van der Waals surface area contributed by atoms with E-state index in [1.54, 1.807) is 0 Å². The summed E-state index contributed by atoms with van der Waals surface area (Å²) in [5.41, 5.74) is 0. The first-order valence-electron chi connectivity index (χ1n) is 4.67. The summed E-state index contributed by atoms with van der Waals surface area (Å²) in [5.74, 6) is -1.09. The van der Waals surface area contributed by atoms with E-state index in [1.165, 1.54) is 18.1 Å². The summed E-state index contributed by atoms with van der Waals surface area (Å²) in [7, 11) is -1.23. The minimum atomic E-state index is -1.23. The normalized spacial score (nSPS) is 13.2. The van der Waals surface area contributed by atoms with E-state index in [0.717, 1.165) is 0 Å². The van der Waals surface area contributed by atoms with E-state index in [1.807, 2.05) is 0 Å². The maximum absolute atomic E-state index is 5.06. The number of hydrogen-bond donors (Lipinski definition) is 0. The highest BCUT2D eigenvalue weighted by atomic mass is 79.9. The Hall–Kier alpha value is 0.927. The molecule has 0 aliphatic rings. The summed E-state index contributed by atoms with van der Waals surface area (Å²) in [6.45, 7) is 11.4. The van der Waals surface area contributed by atoms with E-state index in [4.69, 9.17) is 4.41 Å². The molecule has 0 fully saturated rings. The molecule has 0 aromatic rings. The van der Waals surface area contributed by atoms with E-state index in [2.05, 4.69) is 49.6 Å². The van der Waals surface area contributed by atoms with Gasteiger partial charge in [0.25, 0.3) is 0 Å². The van der Waals surface area contributed by atoms with Gasteiger partial charge in [-0.3, -0.25) is 0 Å². The van der Waals surface area contributed by atoms with Crippen molar-refractivity contribution in [2.24, 2.45) is 4.41 Å². The van der Waals surface area contributed by atoms with Crippen molar-refractivity contribution >= 4 is 29.5 Å². The fourth-order valence-electron chi connectivity index (χ4n) is 1.47. The Morgan fingerprint density at radius 2 is 1.42 bits per heavy atom. The predicted molar refractivity (Wildman–Crippen MR) is 67.3 cm³/mol. The van der Waals surface area contributed by atoms with Crippen molar-refractivity contribution < 1.29 is 0 Å². The molecule has 0 spiro atoms. The fourth-order valence-corrected chi connectivity index (χ4v) is 11.7. The second-order valence-corrected chi connectivity index (χ2v) is 16.7. The van der Waals surface area contributed by atoms with Crippen LogP contribution in [-0.4, -0.2) is 21.6 Å². The molecule has 0 atom stereocenters. The molecule has 0 aliphatic heterocycles. The lowest BCUT2D eigenvalue weighted by Crippen LogP contribution is -2.28. The highest BCUT2D eigenvalue weighted by Gasteiger charge is 2.27. The highest BCUT2D eigenvalue weighted by molar-refractivity contribution is 9.40. The zero-order chi connectivity index (χ0) is 9.83. The maximum Gasteiger partial charge on any atom is 0.179 e. The molecule has 0 bridgehead atoms. The van der Waals surface area contributed by atoms with Crippen LogP contribution in [0.15, 0.2) is 4.41 Å². The molecular weight excluding hydrogens is 249 g/mol. The van der Waals surface area contributed by atoms with Crippen LogP contribution in [0.1, 0.15) is 20.8 Å². The zero-order valence-corrected chi connectivity index (χ0v) is 12.4. The van der Waals surface area contributed by atoms with E-state index < -0.39 is 14.0 Å². The third kappa shape index (κ3) is 4.24. The molecule has 0 unspecified atom stereocenters. The minimum Gasteiger partial charge on any atom is -0.327 e. The van der Waals surface area contributed by atoms with Crippen LogP contribution in [0.2, 0.25) is 18.1 Å². The van der Waals surface area contributed by atoms with Gasteiger partial charge in [0.1, 0.15) is 0 Å². The van der Waals surface area contributed by atoms with Crippen molar-refractivity contribution in [3.63, 3.8) is 0 Å². The lowest BCUT2D eigenvalue weighted by molar-refractivity contribution is 1.15. The van der Waals surface area contributed by atoms with E-state index in [0.29, 0.717) is 0 Å². The van der Waals surface area contributed by atoms with Gasteiger partial charge in [-0.25, -0.2) is 0 Å². The van der Waals surface area contributed by atoms with E-state index in [9.17, 15) is 0 Å². The lowest BCUT2D eigenvalue weighted by Gasteiger charge is -2.25. The molecule has 0 aromatic heterocycles. The number of hydrogen-bond acceptors (Lipinski definition) is 1. The van der Waals surface area contributed by atoms with Gasteiger partial charge in [-0.2, -0.15) is 0 Å². The second kappa shape index (κ2) is 4.97. The van der Waals surface area contributed by atoms with Crippen LogP contribution in [0.3, 0.4) is 0 Å². The van der Waals surface area contributed by atoms with Crippen LogP contribution in [0, 0.1) is 0 Å². The molecule has 0 heterocycles. The third-order valence-electron chi connectivity index (χ3n) is 2.42. The van der Waals surface area contributed by atoms with Gasteiger partial charge in [0.2, 0.25) is 0 Å². The minimum absolute atomic E-state index is 1.09. The van der Waals surface area contributed by atoms with Gasteiger partial charge in [-0.05, 0) is 47.0 Å². The quantitative estimate of drug-likeness (QED) is 0.515. The topological polar surface area (TPSA) is 12.4 Å². The molecule has 0 aliphatic carbocycles. The monoisotopic (exact) mass is 269 g/mol. The zero-order valence-electron chi connectivity index (χ0n) is 8.89. The molecule has 0 saturated heterocycles. The van der Waals surface area contributed by atoms with Gasteiger partial charge >= 0.3 is 0 Å². The molecule has 74 valence electrons. The molecule has 12 heavy (non-hydrogen) atoms. The van der Waals surface area contributed by atoms with Gasteiger partial charge in [-0.1, -0.05) is 20.8 Å². The number of halogens is 1. The Morgan fingerprint density at radius 3 is 1.50 bits per heavy atom. The van der Waals surface area contributed by atoms with Crippen LogP contribution in [-0.2, 0) is 0 Å². The van der Waals surface area contributed by atoms with Crippen LogP contribution >= 0.6 is 21.2 Å². The summed E-state index contributed by atoms with van der Waals surface area (Å²) >= 11 is 3.72. The molecule has 0 N–H and O–H groups in total. The van der Waals surface area contributed by atoms with Crippen LogP contribution in [0.5, 0.6) is 0 Å². The molecule has 0 amide bonds. The second-order valence-electron chi connectivity index (χ2n) is 3.65. The van der Waals surface area contributed by atoms with Crippen molar-refractivity contribution in [1.29, 1.82) is 0 Å². The summed E-state index contributed by atoms with van der Waals surface area (Å²) < 4.78 is 5.06. The molecule has 0 saturated carbocycles. The Labute approximate surface area is 86.2 Å². The van der Waals surface area contributed by atoms with Crippen molar-refractivity contribution in [2.45, 2.75) is 38.9 Å². The average Bonchev–Trinajstić information content (AvgIpc) is 1.99. The summed E-state index contributed by atoms with van der Waals surface area (Å²) in [4.78, 5) is 0. The van der Waals surface area contributed by atoms with E-state index >= 15 is 0 Å². The number of nitrogens with zero attached hydrogens (tertiary/aromatic N) is 1. The average molecular weight is 270 g/mol. The van der Waals surface area contributed by atoms with Crippen molar-refractivity contribution in [2.75, 3.05) is 13.3 Å². The van der Waals surface area contributed by atoms with E-state index in [-0.39, 0.29) is 0 Å². The third-order valence-corrected chi connectivity index (χ3v) is 11.4. The molecular formula is C8H21BrNPSi. The van der Waals surface area contributed by atoms with Gasteiger partial charge < -0.3 is 4.41 Å². The first kappa shape index (κ1) is 12.9. The van der Waals surface area contributed by atoms with Gasteiger partial charge in [0, 0.05) is 5.76 Å². The first-order chi connectivity index (χ1) is 5.39. The molecule has 0 aromatic carbocycles. The molecule has 4 heteroatoms. The van der Waals surface area contributed by atoms with Gasteiger partial charge in [0.15, 0.2) is 8.24 Å². The van der Waals surface area contributed by atoms with Crippen LogP contribution < -0.4 is 0 Å². The molecule has 0 rings (SSSR count). The Balaban J connectivity index is 4.75.